The lowest BCUT2D eigenvalue weighted by Gasteiger charge is -2.10. The van der Waals surface area contributed by atoms with Crippen LogP contribution in [0.3, 0.4) is 0 Å². The van der Waals surface area contributed by atoms with Gasteiger partial charge in [0.05, 0.1) is 0 Å². The molecule has 5 nitrogen and oxygen atoms in total. The first-order chi connectivity index (χ1) is 21.3. The lowest BCUT2D eigenvalue weighted by atomic mass is 9.99. The smallest absolute Gasteiger partial charge is 0.227 e. The molecule has 8 rings (SSSR count). The third-order valence-corrected chi connectivity index (χ3v) is 7.55. The first-order valence-electron chi connectivity index (χ1n) is 14.1. The zero-order valence-electron chi connectivity index (χ0n) is 23.1. The van der Waals surface area contributed by atoms with Gasteiger partial charge < -0.3 is 4.42 Å². The molecule has 0 fully saturated rings. The highest BCUT2D eigenvalue weighted by molar-refractivity contribution is 6.05. The molecule has 2 aromatic heterocycles. The molecule has 0 radical (unpaired) electrons. The Hall–Kier alpha value is -5.94. The van der Waals surface area contributed by atoms with Crippen molar-refractivity contribution in [2.45, 2.75) is 0 Å². The van der Waals surface area contributed by atoms with Gasteiger partial charge in [-0.3, -0.25) is 0 Å². The van der Waals surface area contributed by atoms with Crippen molar-refractivity contribution in [1.29, 1.82) is 0 Å². The third-order valence-electron chi connectivity index (χ3n) is 7.55. The molecule has 0 aliphatic heterocycles. The van der Waals surface area contributed by atoms with Crippen LogP contribution in [0.15, 0.2) is 150 Å². The fourth-order valence-electron chi connectivity index (χ4n) is 5.38. The summed E-state index contributed by atoms with van der Waals surface area (Å²) in [6.07, 6.45) is 0. The molecule has 2 heterocycles. The average molecular weight is 553 g/mol. The summed E-state index contributed by atoms with van der Waals surface area (Å²) in [6.45, 7) is 0. The Labute approximate surface area is 248 Å². The highest BCUT2D eigenvalue weighted by atomic mass is 16.3. The molecule has 8 aromatic rings. The van der Waals surface area contributed by atoms with E-state index in [9.17, 15) is 0 Å². The van der Waals surface area contributed by atoms with Gasteiger partial charge in [-0.2, -0.15) is 0 Å². The van der Waals surface area contributed by atoms with Crippen LogP contribution < -0.4 is 0 Å². The van der Waals surface area contributed by atoms with Gasteiger partial charge in [0.2, 0.25) is 5.89 Å². The van der Waals surface area contributed by atoms with Crippen molar-refractivity contribution in [1.82, 2.24) is 19.9 Å². The van der Waals surface area contributed by atoms with E-state index in [1.54, 1.807) is 0 Å². The Kier molecular flexibility index (Phi) is 6.05. The van der Waals surface area contributed by atoms with Gasteiger partial charge in [-0.25, -0.2) is 19.9 Å². The quantitative estimate of drug-likeness (QED) is 0.213. The molecule has 0 saturated carbocycles. The van der Waals surface area contributed by atoms with E-state index < -0.39 is 0 Å². The second-order valence-corrected chi connectivity index (χ2v) is 10.4. The SMILES string of the molecule is c1ccc(-c2nc(-c3ccccc3)nc(-c3cccc(-c4ccc5c(ccc6oc(-c7ccccc7)nc65)c4)c3)n2)cc1. The standard InChI is InChI=1S/C38H24N4O/c1-4-11-25(12-5-1)35-40-36(26-13-6-2-7-14-26)42-37(41-35)31-18-10-17-28(24-31)29-19-21-32-30(23-29)20-22-33-34(32)39-38(43-33)27-15-8-3-9-16-27/h1-24H. The maximum atomic E-state index is 6.09. The first-order valence-corrected chi connectivity index (χ1v) is 14.1. The van der Waals surface area contributed by atoms with E-state index in [0.717, 1.165) is 55.3 Å². The lowest BCUT2D eigenvalue weighted by molar-refractivity contribution is 0.620. The summed E-state index contributed by atoms with van der Waals surface area (Å²) < 4.78 is 6.09. The topological polar surface area (TPSA) is 64.7 Å². The molecule has 0 bridgehead atoms. The molecule has 0 saturated heterocycles. The molecule has 0 aliphatic rings. The van der Waals surface area contributed by atoms with Gasteiger partial charge >= 0.3 is 0 Å². The Morgan fingerprint density at radius 1 is 0.372 bits per heavy atom. The Bertz CT molecular complexity index is 2170. The first kappa shape index (κ1) is 24.8. The minimum atomic E-state index is 0.627. The molecule has 0 amide bonds. The zero-order valence-corrected chi connectivity index (χ0v) is 23.1. The number of fused-ring (bicyclic) bond motifs is 3. The zero-order chi connectivity index (χ0) is 28.6. The normalized spacial score (nSPS) is 11.3. The van der Waals surface area contributed by atoms with Crippen molar-refractivity contribution < 1.29 is 4.42 Å². The number of nitrogens with zero attached hydrogens (tertiary/aromatic N) is 4. The minimum absolute atomic E-state index is 0.627. The van der Waals surface area contributed by atoms with Crippen LogP contribution in [0.5, 0.6) is 0 Å². The van der Waals surface area contributed by atoms with Gasteiger partial charge in [0, 0.05) is 27.6 Å². The Morgan fingerprint density at radius 3 is 1.56 bits per heavy atom. The van der Waals surface area contributed by atoms with Gasteiger partial charge in [0.15, 0.2) is 23.1 Å². The third kappa shape index (κ3) is 4.73. The predicted molar refractivity (Wildman–Crippen MR) is 172 cm³/mol. The van der Waals surface area contributed by atoms with Gasteiger partial charge in [0.25, 0.3) is 0 Å². The van der Waals surface area contributed by atoms with E-state index in [4.69, 9.17) is 24.4 Å². The largest absolute Gasteiger partial charge is 0.436 e. The highest BCUT2D eigenvalue weighted by Gasteiger charge is 2.14. The van der Waals surface area contributed by atoms with E-state index in [1.165, 1.54) is 0 Å². The monoisotopic (exact) mass is 552 g/mol. The fourth-order valence-corrected chi connectivity index (χ4v) is 5.38. The van der Waals surface area contributed by atoms with Crippen LogP contribution in [-0.2, 0) is 0 Å². The van der Waals surface area contributed by atoms with Crippen LogP contribution in [0.25, 0.3) is 78.6 Å². The molecule has 6 aromatic carbocycles. The van der Waals surface area contributed by atoms with Crippen LogP contribution in [-0.4, -0.2) is 19.9 Å². The van der Waals surface area contributed by atoms with Crippen LogP contribution in [0.4, 0.5) is 0 Å². The second kappa shape index (κ2) is 10.5. The van der Waals surface area contributed by atoms with Crippen molar-refractivity contribution in [2.24, 2.45) is 0 Å². The predicted octanol–water partition coefficient (Wildman–Crippen LogP) is 9.50. The van der Waals surface area contributed by atoms with Crippen molar-refractivity contribution in [3.63, 3.8) is 0 Å². The molecule has 43 heavy (non-hydrogen) atoms. The molecule has 0 atom stereocenters. The van der Waals surface area contributed by atoms with Crippen molar-refractivity contribution in [3.8, 4) is 56.7 Å². The Morgan fingerprint density at radius 2 is 0.907 bits per heavy atom. The van der Waals surface area contributed by atoms with Crippen LogP contribution in [0, 0.1) is 0 Å². The lowest BCUT2D eigenvalue weighted by Crippen LogP contribution is -2.00. The van der Waals surface area contributed by atoms with Gasteiger partial charge in [-0.15, -0.1) is 0 Å². The Balaban J connectivity index is 1.20. The molecule has 5 heteroatoms. The molecule has 202 valence electrons. The van der Waals surface area contributed by atoms with Crippen LogP contribution in [0.1, 0.15) is 0 Å². The van der Waals surface area contributed by atoms with Gasteiger partial charge in [0.1, 0.15) is 5.52 Å². The number of oxazole rings is 1. The van der Waals surface area contributed by atoms with E-state index in [0.29, 0.717) is 23.4 Å². The van der Waals surface area contributed by atoms with Crippen molar-refractivity contribution >= 4 is 21.9 Å². The van der Waals surface area contributed by atoms with E-state index >= 15 is 0 Å². The summed E-state index contributed by atoms with van der Waals surface area (Å²) in [7, 11) is 0. The molecule has 0 aliphatic carbocycles. The average Bonchev–Trinajstić information content (AvgIpc) is 3.54. The van der Waals surface area contributed by atoms with Crippen molar-refractivity contribution in [2.75, 3.05) is 0 Å². The van der Waals surface area contributed by atoms with Crippen LogP contribution >= 0.6 is 0 Å². The number of aromatic nitrogens is 4. The van der Waals surface area contributed by atoms with Gasteiger partial charge in [-0.05, 0) is 46.8 Å². The van der Waals surface area contributed by atoms with E-state index in [2.05, 4.69) is 42.5 Å². The number of benzene rings is 6. The summed E-state index contributed by atoms with van der Waals surface area (Å²) >= 11 is 0. The van der Waals surface area contributed by atoms with Gasteiger partial charge in [-0.1, -0.05) is 115 Å². The summed E-state index contributed by atoms with van der Waals surface area (Å²) in [5.41, 5.74) is 7.60. The molecular weight excluding hydrogens is 528 g/mol. The maximum absolute atomic E-state index is 6.09. The van der Waals surface area contributed by atoms with E-state index in [-0.39, 0.29) is 0 Å². The molecular formula is C38H24N4O. The number of rotatable bonds is 5. The van der Waals surface area contributed by atoms with Crippen LogP contribution in [0.2, 0.25) is 0 Å². The van der Waals surface area contributed by atoms with E-state index in [1.807, 2.05) is 103 Å². The molecule has 0 N–H and O–H groups in total. The summed E-state index contributed by atoms with van der Waals surface area (Å²) in [4.78, 5) is 19.5. The van der Waals surface area contributed by atoms with Crippen molar-refractivity contribution in [3.05, 3.63) is 146 Å². The molecule has 0 spiro atoms. The minimum Gasteiger partial charge on any atom is -0.436 e. The maximum Gasteiger partial charge on any atom is 0.227 e. The highest BCUT2D eigenvalue weighted by Crippen LogP contribution is 2.33. The number of hydrogen-bond acceptors (Lipinski definition) is 5. The fraction of sp³-hybridized carbons (Fsp3) is 0. The second-order valence-electron chi connectivity index (χ2n) is 10.4. The number of hydrogen-bond donors (Lipinski definition) is 0. The molecule has 0 unspecified atom stereocenters. The summed E-state index contributed by atoms with van der Waals surface area (Å²) in [5, 5.41) is 2.15. The summed E-state index contributed by atoms with van der Waals surface area (Å²) in [6, 6.07) is 49.0. The summed E-state index contributed by atoms with van der Waals surface area (Å²) in [5.74, 6) is 2.55.